The lowest BCUT2D eigenvalue weighted by atomic mass is 9.86. The molecule has 2 rings (SSSR count). The SMILES string of the molecule is C#CC(O)(c1ccc(OC)cc1)c1ccccc1N. The molecule has 1 atom stereocenters. The first-order chi connectivity index (χ1) is 9.11. The minimum absolute atomic E-state index is 0.457. The quantitative estimate of drug-likeness (QED) is 0.651. The Balaban J connectivity index is 2.54. The molecule has 0 heterocycles. The molecular weight excluding hydrogens is 238 g/mol. The molecule has 0 aliphatic carbocycles. The molecule has 0 bridgehead atoms. The fourth-order valence-corrected chi connectivity index (χ4v) is 1.98. The first-order valence-electron chi connectivity index (χ1n) is 5.81. The zero-order valence-corrected chi connectivity index (χ0v) is 10.6. The van der Waals surface area contributed by atoms with Crippen molar-refractivity contribution in [3.8, 4) is 18.1 Å². The van der Waals surface area contributed by atoms with Crippen molar-refractivity contribution in [3.05, 3.63) is 59.7 Å². The molecule has 0 saturated heterocycles. The standard InChI is InChI=1S/C16H15NO2/c1-3-16(18,14-6-4-5-7-15(14)17)12-8-10-13(19-2)11-9-12/h1,4-11,18H,17H2,2H3. The number of nitrogens with two attached hydrogens (primary N) is 1. The van der Waals surface area contributed by atoms with E-state index in [0.717, 1.165) is 0 Å². The van der Waals surface area contributed by atoms with Gasteiger partial charge in [-0.2, -0.15) is 0 Å². The molecule has 0 aliphatic heterocycles. The second-order valence-corrected chi connectivity index (χ2v) is 4.17. The van der Waals surface area contributed by atoms with Crippen molar-refractivity contribution < 1.29 is 9.84 Å². The van der Waals surface area contributed by atoms with Crippen LogP contribution in [0.2, 0.25) is 0 Å². The Morgan fingerprint density at radius 1 is 1.16 bits per heavy atom. The summed E-state index contributed by atoms with van der Waals surface area (Å²) in [4.78, 5) is 0. The minimum atomic E-state index is -1.54. The lowest BCUT2D eigenvalue weighted by Gasteiger charge is -2.24. The number of aliphatic hydroxyl groups is 1. The number of benzene rings is 2. The summed E-state index contributed by atoms with van der Waals surface area (Å²) in [5.41, 5.74) is 5.89. The third-order valence-corrected chi connectivity index (χ3v) is 3.07. The average Bonchev–Trinajstić information content (AvgIpc) is 2.47. The summed E-state index contributed by atoms with van der Waals surface area (Å²) in [6, 6.07) is 14.0. The summed E-state index contributed by atoms with van der Waals surface area (Å²) in [5.74, 6) is 3.12. The average molecular weight is 253 g/mol. The predicted octanol–water partition coefficient (Wildman–Crippen LogP) is 2.15. The molecule has 0 spiro atoms. The molecule has 96 valence electrons. The first-order valence-corrected chi connectivity index (χ1v) is 5.81. The van der Waals surface area contributed by atoms with Gasteiger partial charge in [0, 0.05) is 16.8 Å². The van der Waals surface area contributed by atoms with Gasteiger partial charge in [0.15, 0.2) is 5.60 Å². The Morgan fingerprint density at radius 3 is 2.32 bits per heavy atom. The highest BCUT2D eigenvalue weighted by Crippen LogP contribution is 2.33. The number of rotatable bonds is 3. The monoisotopic (exact) mass is 253 g/mol. The summed E-state index contributed by atoms with van der Waals surface area (Å²) in [6.45, 7) is 0. The van der Waals surface area contributed by atoms with Crippen LogP contribution in [0.5, 0.6) is 5.75 Å². The molecule has 0 radical (unpaired) electrons. The Labute approximate surface area is 112 Å². The van der Waals surface area contributed by atoms with Crippen molar-refractivity contribution in [3.63, 3.8) is 0 Å². The van der Waals surface area contributed by atoms with Crippen LogP contribution in [0.4, 0.5) is 5.69 Å². The van der Waals surface area contributed by atoms with Crippen molar-refractivity contribution in [2.45, 2.75) is 5.60 Å². The topological polar surface area (TPSA) is 55.5 Å². The van der Waals surface area contributed by atoms with E-state index in [1.54, 1.807) is 55.6 Å². The zero-order valence-electron chi connectivity index (χ0n) is 10.6. The number of hydrogen-bond donors (Lipinski definition) is 2. The maximum Gasteiger partial charge on any atom is 0.178 e. The fourth-order valence-electron chi connectivity index (χ4n) is 1.98. The molecule has 3 N–H and O–H groups in total. The van der Waals surface area contributed by atoms with Gasteiger partial charge in [-0.3, -0.25) is 0 Å². The lowest BCUT2D eigenvalue weighted by Crippen LogP contribution is -2.26. The number of ether oxygens (including phenoxy) is 1. The Kier molecular flexibility index (Phi) is 3.46. The largest absolute Gasteiger partial charge is 0.497 e. The van der Waals surface area contributed by atoms with E-state index in [9.17, 15) is 5.11 Å². The number of hydrogen-bond acceptors (Lipinski definition) is 3. The van der Waals surface area contributed by atoms with Gasteiger partial charge in [0.05, 0.1) is 7.11 Å². The van der Waals surface area contributed by atoms with Crippen LogP contribution < -0.4 is 10.5 Å². The van der Waals surface area contributed by atoms with Gasteiger partial charge in [0.25, 0.3) is 0 Å². The van der Waals surface area contributed by atoms with Crippen LogP contribution in [-0.2, 0) is 5.60 Å². The van der Waals surface area contributed by atoms with Gasteiger partial charge < -0.3 is 15.6 Å². The number of nitrogen functional groups attached to an aromatic ring is 1. The zero-order chi connectivity index (χ0) is 13.9. The second-order valence-electron chi connectivity index (χ2n) is 4.17. The van der Waals surface area contributed by atoms with Gasteiger partial charge in [0.2, 0.25) is 0 Å². The van der Waals surface area contributed by atoms with Crippen LogP contribution in [0.15, 0.2) is 48.5 Å². The van der Waals surface area contributed by atoms with E-state index in [1.165, 1.54) is 0 Å². The predicted molar refractivity (Wildman–Crippen MR) is 75.7 cm³/mol. The summed E-state index contributed by atoms with van der Waals surface area (Å²) >= 11 is 0. The van der Waals surface area contributed by atoms with E-state index in [2.05, 4.69) is 5.92 Å². The molecule has 3 nitrogen and oxygen atoms in total. The third-order valence-electron chi connectivity index (χ3n) is 3.07. The van der Waals surface area contributed by atoms with Crippen molar-refractivity contribution in [1.82, 2.24) is 0 Å². The molecular formula is C16H15NO2. The minimum Gasteiger partial charge on any atom is -0.497 e. The summed E-state index contributed by atoms with van der Waals surface area (Å²) in [7, 11) is 1.58. The van der Waals surface area contributed by atoms with Gasteiger partial charge in [-0.25, -0.2) is 0 Å². The van der Waals surface area contributed by atoms with E-state index in [1.807, 2.05) is 0 Å². The smallest absolute Gasteiger partial charge is 0.178 e. The molecule has 19 heavy (non-hydrogen) atoms. The normalized spacial score (nSPS) is 13.3. The van der Waals surface area contributed by atoms with E-state index in [4.69, 9.17) is 16.9 Å². The van der Waals surface area contributed by atoms with Crippen LogP contribution >= 0.6 is 0 Å². The molecule has 0 aromatic heterocycles. The lowest BCUT2D eigenvalue weighted by molar-refractivity contribution is 0.146. The van der Waals surface area contributed by atoms with Gasteiger partial charge in [-0.1, -0.05) is 36.3 Å². The molecule has 0 fully saturated rings. The maximum atomic E-state index is 10.8. The summed E-state index contributed by atoms with van der Waals surface area (Å²) < 4.78 is 5.09. The Hall–Kier alpha value is -2.44. The number of para-hydroxylation sites is 1. The van der Waals surface area contributed by atoms with Gasteiger partial charge in [-0.05, 0) is 18.2 Å². The van der Waals surface area contributed by atoms with E-state index >= 15 is 0 Å². The van der Waals surface area contributed by atoms with Crippen molar-refractivity contribution in [2.75, 3.05) is 12.8 Å². The molecule has 0 amide bonds. The first kappa shape index (κ1) is 13.0. The number of anilines is 1. The van der Waals surface area contributed by atoms with E-state index in [0.29, 0.717) is 22.6 Å². The van der Waals surface area contributed by atoms with Crippen LogP contribution in [0.1, 0.15) is 11.1 Å². The molecule has 0 aliphatic rings. The van der Waals surface area contributed by atoms with Crippen LogP contribution in [-0.4, -0.2) is 12.2 Å². The van der Waals surface area contributed by atoms with E-state index in [-0.39, 0.29) is 0 Å². The third kappa shape index (κ3) is 2.26. The van der Waals surface area contributed by atoms with Crippen LogP contribution in [0.3, 0.4) is 0 Å². The summed E-state index contributed by atoms with van der Waals surface area (Å²) in [5, 5.41) is 10.8. The number of methoxy groups -OCH3 is 1. The Morgan fingerprint density at radius 2 is 1.79 bits per heavy atom. The maximum absolute atomic E-state index is 10.8. The highest BCUT2D eigenvalue weighted by molar-refractivity contribution is 5.57. The highest BCUT2D eigenvalue weighted by atomic mass is 16.5. The Bertz CT molecular complexity index is 613. The van der Waals surface area contributed by atoms with Crippen molar-refractivity contribution in [1.29, 1.82) is 0 Å². The number of terminal acetylenes is 1. The molecule has 2 aromatic carbocycles. The van der Waals surface area contributed by atoms with E-state index < -0.39 is 5.60 Å². The summed E-state index contributed by atoms with van der Waals surface area (Å²) in [6.07, 6.45) is 5.52. The molecule has 2 aromatic rings. The molecule has 0 saturated carbocycles. The fraction of sp³-hybridized carbons (Fsp3) is 0.125. The second kappa shape index (κ2) is 5.05. The highest BCUT2D eigenvalue weighted by Gasteiger charge is 2.30. The van der Waals surface area contributed by atoms with Gasteiger partial charge in [0.1, 0.15) is 5.75 Å². The van der Waals surface area contributed by atoms with Crippen molar-refractivity contribution >= 4 is 5.69 Å². The molecule has 1 unspecified atom stereocenters. The van der Waals surface area contributed by atoms with Crippen LogP contribution in [0, 0.1) is 12.3 Å². The van der Waals surface area contributed by atoms with Crippen molar-refractivity contribution in [2.24, 2.45) is 0 Å². The van der Waals surface area contributed by atoms with Gasteiger partial charge in [-0.15, -0.1) is 6.42 Å². The van der Waals surface area contributed by atoms with Crippen LogP contribution in [0.25, 0.3) is 0 Å². The van der Waals surface area contributed by atoms with Gasteiger partial charge >= 0.3 is 0 Å². The molecule has 3 heteroatoms.